The number of amides is 1. The van der Waals surface area contributed by atoms with Crippen molar-refractivity contribution < 1.29 is 4.79 Å². The second-order valence-corrected chi connectivity index (χ2v) is 4.19. The summed E-state index contributed by atoms with van der Waals surface area (Å²) in [5.74, 6) is -0.246. The largest absolute Gasteiger partial charge is 0.348 e. The van der Waals surface area contributed by atoms with E-state index in [0.29, 0.717) is 23.2 Å². The van der Waals surface area contributed by atoms with Crippen LogP contribution in [0.2, 0.25) is 0 Å². The van der Waals surface area contributed by atoms with Gasteiger partial charge in [0.25, 0.3) is 5.91 Å². The number of rotatable bonds is 3. The first kappa shape index (κ1) is 13.3. The van der Waals surface area contributed by atoms with Gasteiger partial charge in [-0.1, -0.05) is 18.2 Å². The van der Waals surface area contributed by atoms with Crippen LogP contribution in [0.3, 0.4) is 0 Å². The number of carbonyl (C=O) groups excluding carboxylic acids is 1. The molecule has 1 amide bonds. The Labute approximate surface area is 116 Å². The molecule has 96 valence electrons. The van der Waals surface area contributed by atoms with Crippen molar-refractivity contribution in [3.63, 3.8) is 0 Å². The van der Waals surface area contributed by atoms with E-state index in [1.807, 2.05) is 12.1 Å². The first-order valence-corrected chi connectivity index (χ1v) is 6.00. The van der Waals surface area contributed by atoms with Gasteiger partial charge in [-0.25, -0.2) is 0 Å². The molecule has 0 saturated heterocycles. The lowest BCUT2D eigenvalue weighted by Crippen LogP contribution is -2.22. The summed E-state index contributed by atoms with van der Waals surface area (Å²) in [6, 6.07) is 17.6. The van der Waals surface area contributed by atoms with Gasteiger partial charge in [0.15, 0.2) is 0 Å². The SMILES string of the molecule is N#Cc1cccc(CNC(=O)c2cccc(C#N)c2)c1. The quantitative estimate of drug-likeness (QED) is 0.921. The molecule has 0 saturated carbocycles. The van der Waals surface area contributed by atoms with Crippen molar-refractivity contribution in [2.75, 3.05) is 0 Å². The van der Waals surface area contributed by atoms with Crippen LogP contribution in [0.4, 0.5) is 0 Å². The van der Waals surface area contributed by atoms with E-state index in [2.05, 4.69) is 11.4 Å². The van der Waals surface area contributed by atoms with Gasteiger partial charge in [-0.3, -0.25) is 4.79 Å². The molecular weight excluding hydrogens is 250 g/mol. The zero-order chi connectivity index (χ0) is 14.4. The van der Waals surface area contributed by atoms with Crippen LogP contribution in [-0.4, -0.2) is 5.91 Å². The van der Waals surface area contributed by atoms with Crippen molar-refractivity contribution in [2.45, 2.75) is 6.54 Å². The Bertz CT molecular complexity index is 723. The molecule has 0 bridgehead atoms. The molecule has 0 aliphatic carbocycles. The smallest absolute Gasteiger partial charge is 0.251 e. The van der Waals surface area contributed by atoms with E-state index in [9.17, 15) is 4.79 Å². The molecule has 0 spiro atoms. The molecule has 4 heteroatoms. The van der Waals surface area contributed by atoms with E-state index in [-0.39, 0.29) is 5.91 Å². The van der Waals surface area contributed by atoms with Crippen molar-refractivity contribution in [1.29, 1.82) is 10.5 Å². The van der Waals surface area contributed by atoms with Crippen molar-refractivity contribution >= 4 is 5.91 Å². The number of hydrogen-bond donors (Lipinski definition) is 1. The van der Waals surface area contributed by atoms with Crippen LogP contribution in [0.25, 0.3) is 0 Å². The molecule has 4 nitrogen and oxygen atoms in total. The molecular formula is C16H11N3O. The molecule has 1 N–H and O–H groups in total. The van der Waals surface area contributed by atoms with Gasteiger partial charge in [-0.2, -0.15) is 10.5 Å². The topological polar surface area (TPSA) is 76.7 Å². The standard InChI is InChI=1S/C16H11N3O/c17-9-12-3-1-5-14(7-12)11-19-16(20)15-6-2-4-13(8-15)10-18/h1-8H,11H2,(H,19,20). The lowest BCUT2D eigenvalue weighted by Gasteiger charge is -2.06. The predicted molar refractivity (Wildman–Crippen MR) is 73.5 cm³/mol. The van der Waals surface area contributed by atoms with Crippen LogP contribution >= 0.6 is 0 Å². The van der Waals surface area contributed by atoms with E-state index in [1.165, 1.54) is 0 Å². The Morgan fingerprint density at radius 3 is 2.35 bits per heavy atom. The summed E-state index contributed by atoms with van der Waals surface area (Å²) in [7, 11) is 0. The molecule has 0 radical (unpaired) electrons. The van der Waals surface area contributed by atoms with Gasteiger partial charge in [-0.15, -0.1) is 0 Å². The molecule has 0 aromatic heterocycles. The van der Waals surface area contributed by atoms with E-state index in [4.69, 9.17) is 10.5 Å². The van der Waals surface area contributed by atoms with E-state index in [1.54, 1.807) is 42.5 Å². The zero-order valence-electron chi connectivity index (χ0n) is 10.6. The minimum absolute atomic E-state index is 0.246. The molecule has 20 heavy (non-hydrogen) atoms. The number of hydrogen-bond acceptors (Lipinski definition) is 3. The van der Waals surface area contributed by atoms with Gasteiger partial charge in [-0.05, 0) is 35.9 Å². The summed E-state index contributed by atoms with van der Waals surface area (Å²) in [5.41, 5.74) is 2.31. The van der Waals surface area contributed by atoms with E-state index >= 15 is 0 Å². The fourth-order valence-corrected chi connectivity index (χ4v) is 1.77. The highest BCUT2D eigenvalue weighted by Crippen LogP contribution is 2.06. The molecule has 2 rings (SSSR count). The first-order valence-electron chi connectivity index (χ1n) is 6.00. The van der Waals surface area contributed by atoms with Gasteiger partial charge in [0.1, 0.15) is 0 Å². The van der Waals surface area contributed by atoms with Crippen LogP contribution in [-0.2, 0) is 6.54 Å². The highest BCUT2D eigenvalue weighted by atomic mass is 16.1. The lowest BCUT2D eigenvalue weighted by atomic mass is 10.1. The van der Waals surface area contributed by atoms with Crippen LogP contribution in [0, 0.1) is 22.7 Å². The minimum atomic E-state index is -0.246. The summed E-state index contributed by atoms with van der Waals surface area (Å²) in [6.07, 6.45) is 0. The van der Waals surface area contributed by atoms with Gasteiger partial charge in [0.2, 0.25) is 0 Å². The fraction of sp³-hybridized carbons (Fsp3) is 0.0625. The number of nitrogens with one attached hydrogen (secondary N) is 1. The zero-order valence-corrected chi connectivity index (χ0v) is 10.6. The Morgan fingerprint density at radius 1 is 1.00 bits per heavy atom. The van der Waals surface area contributed by atoms with Gasteiger partial charge >= 0.3 is 0 Å². The molecule has 0 unspecified atom stereocenters. The third-order valence-electron chi connectivity index (χ3n) is 2.76. The van der Waals surface area contributed by atoms with E-state index < -0.39 is 0 Å². The molecule has 0 heterocycles. The van der Waals surface area contributed by atoms with Crippen molar-refractivity contribution in [1.82, 2.24) is 5.32 Å². The summed E-state index contributed by atoms with van der Waals surface area (Å²) in [5, 5.41) is 20.4. The molecule has 2 aromatic carbocycles. The maximum Gasteiger partial charge on any atom is 0.251 e. The molecule has 2 aromatic rings. The third-order valence-corrected chi connectivity index (χ3v) is 2.76. The van der Waals surface area contributed by atoms with Crippen LogP contribution in [0.1, 0.15) is 27.0 Å². The average Bonchev–Trinajstić information content (AvgIpc) is 2.52. The van der Waals surface area contributed by atoms with Crippen LogP contribution in [0.5, 0.6) is 0 Å². The van der Waals surface area contributed by atoms with E-state index in [0.717, 1.165) is 5.56 Å². The molecule has 0 fully saturated rings. The Hall–Kier alpha value is -3.11. The number of carbonyl (C=O) groups is 1. The lowest BCUT2D eigenvalue weighted by molar-refractivity contribution is 0.0951. The Kier molecular flexibility index (Phi) is 4.11. The highest BCUT2D eigenvalue weighted by molar-refractivity contribution is 5.94. The summed E-state index contributed by atoms with van der Waals surface area (Å²) < 4.78 is 0. The van der Waals surface area contributed by atoms with Gasteiger partial charge in [0, 0.05) is 12.1 Å². The Morgan fingerprint density at radius 2 is 1.65 bits per heavy atom. The normalized spacial score (nSPS) is 9.30. The Balaban J connectivity index is 2.05. The maximum absolute atomic E-state index is 12.0. The summed E-state index contributed by atoms with van der Waals surface area (Å²) in [6.45, 7) is 0.338. The monoisotopic (exact) mass is 261 g/mol. The predicted octanol–water partition coefficient (Wildman–Crippen LogP) is 2.36. The molecule has 0 atom stereocenters. The van der Waals surface area contributed by atoms with Crippen molar-refractivity contribution in [3.8, 4) is 12.1 Å². The second kappa shape index (κ2) is 6.17. The summed E-state index contributed by atoms with van der Waals surface area (Å²) in [4.78, 5) is 12.0. The average molecular weight is 261 g/mol. The maximum atomic E-state index is 12.0. The molecule has 0 aliphatic heterocycles. The number of nitrogens with zero attached hydrogens (tertiary/aromatic N) is 2. The highest BCUT2D eigenvalue weighted by Gasteiger charge is 2.06. The second-order valence-electron chi connectivity index (χ2n) is 4.19. The van der Waals surface area contributed by atoms with Crippen LogP contribution in [0.15, 0.2) is 48.5 Å². The number of nitriles is 2. The fourth-order valence-electron chi connectivity index (χ4n) is 1.77. The first-order chi connectivity index (χ1) is 9.72. The van der Waals surface area contributed by atoms with Crippen molar-refractivity contribution in [2.24, 2.45) is 0 Å². The summed E-state index contributed by atoms with van der Waals surface area (Å²) >= 11 is 0. The van der Waals surface area contributed by atoms with Gasteiger partial charge in [0.05, 0.1) is 23.3 Å². The molecule has 0 aliphatic rings. The van der Waals surface area contributed by atoms with Gasteiger partial charge < -0.3 is 5.32 Å². The van der Waals surface area contributed by atoms with Crippen molar-refractivity contribution in [3.05, 3.63) is 70.8 Å². The number of benzene rings is 2. The third kappa shape index (κ3) is 3.22. The van der Waals surface area contributed by atoms with Crippen LogP contribution < -0.4 is 5.32 Å². The minimum Gasteiger partial charge on any atom is -0.348 e.